The Morgan fingerprint density at radius 1 is 1.42 bits per heavy atom. The second kappa shape index (κ2) is 5.45. The molecule has 1 aliphatic rings. The van der Waals surface area contributed by atoms with E-state index in [4.69, 9.17) is 4.74 Å². The first-order chi connectivity index (χ1) is 9.33. The second-order valence-electron chi connectivity index (χ2n) is 5.14. The summed E-state index contributed by atoms with van der Waals surface area (Å²) < 4.78 is 5.79. The van der Waals surface area contributed by atoms with Crippen molar-refractivity contribution in [1.29, 1.82) is 0 Å². The van der Waals surface area contributed by atoms with Gasteiger partial charge in [-0.15, -0.1) is 0 Å². The number of H-pyrrole nitrogens is 1. The van der Waals surface area contributed by atoms with E-state index in [1.807, 2.05) is 25.3 Å². The Bertz CT molecular complexity index is 550. The van der Waals surface area contributed by atoms with Gasteiger partial charge in [0.15, 0.2) is 0 Å². The van der Waals surface area contributed by atoms with Crippen LogP contribution in [0.3, 0.4) is 0 Å². The standard InChI is InChI=1S/C15H19N3O/c1-11-14(9-17-18-11)8-16-7-12-6-13-4-2-3-5-15(13)19-10-12/h2-5,9,12,16H,6-8,10H2,1H3,(H,17,18). The molecule has 0 saturated carbocycles. The number of aromatic nitrogens is 2. The van der Waals surface area contributed by atoms with E-state index in [0.29, 0.717) is 5.92 Å². The highest BCUT2D eigenvalue weighted by atomic mass is 16.5. The van der Waals surface area contributed by atoms with Gasteiger partial charge in [0, 0.05) is 30.3 Å². The van der Waals surface area contributed by atoms with Gasteiger partial charge in [0.1, 0.15) is 5.75 Å². The number of para-hydroxylation sites is 1. The van der Waals surface area contributed by atoms with Crippen molar-refractivity contribution in [1.82, 2.24) is 15.5 Å². The normalized spacial score (nSPS) is 17.8. The van der Waals surface area contributed by atoms with Crippen LogP contribution in [-0.4, -0.2) is 23.3 Å². The van der Waals surface area contributed by atoms with Crippen LogP contribution in [0.2, 0.25) is 0 Å². The van der Waals surface area contributed by atoms with Crippen molar-refractivity contribution in [2.24, 2.45) is 5.92 Å². The maximum atomic E-state index is 5.79. The number of aromatic amines is 1. The van der Waals surface area contributed by atoms with Crippen LogP contribution in [0.25, 0.3) is 0 Å². The predicted molar refractivity (Wildman–Crippen MR) is 74.2 cm³/mol. The van der Waals surface area contributed by atoms with E-state index in [0.717, 1.165) is 37.6 Å². The van der Waals surface area contributed by atoms with Crippen molar-refractivity contribution in [3.8, 4) is 5.75 Å². The zero-order valence-electron chi connectivity index (χ0n) is 11.1. The van der Waals surface area contributed by atoms with Gasteiger partial charge in [0.2, 0.25) is 0 Å². The summed E-state index contributed by atoms with van der Waals surface area (Å²) >= 11 is 0. The molecular formula is C15H19N3O. The van der Waals surface area contributed by atoms with Gasteiger partial charge < -0.3 is 10.1 Å². The Hall–Kier alpha value is -1.81. The van der Waals surface area contributed by atoms with Crippen LogP contribution in [0.1, 0.15) is 16.8 Å². The Balaban J connectivity index is 1.51. The number of ether oxygens (including phenoxy) is 1. The number of nitrogens with zero attached hydrogens (tertiary/aromatic N) is 1. The first-order valence-electron chi connectivity index (χ1n) is 6.73. The molecule has 3 rings (SSSR count). The number of hydrogen-bond donors (Lipinski definition) is 2. The topological polar surface area (TPSA) is 49.9 Å². The minimum atomic E-state index is 0.544. The van der Waals surface area contributed by atoms with Crippen LogP contribution >= 0.6 is 0 Å². The van der Waals surface area contributed by atoms with Crippen molar-refractivity contribution in [3.05, 3.63) is 47.3 Å². The molecule has 1 atom stereocenters. The molecule has 1 aromatic carbocycles. The highest BCUT2D eigenvalue weighted by Crippen LogP contribution is 2.26. The average molecular weight is 257 g/mol. The number of rotatable bonds is 4. The third-order valence-corrected chi connectivity index (χ3v) is 3.64. The first-order valence-corrected chi connectivity index (χ1v) is 6.73. The van der Waals surface area contributed by atoms with Crippen LogP contribution < -0.4 is 10.1 Å². The summed E-state index contributed by atoms with van der Waals surface area (Å²) in [5.74, 6) is 1.59. The summed E-state index contributed by atoms with van der Waals surface area (Å²) in [6.45, 7) is 4.68. The maximum Gasteiger partial charge on any atom is 0.122 e. The fourth-order valence-corrected chi connectivity index (χ4v) is 2.49. The van der Waals surface area contributed by atoms with Crippen molar-refractivity contribution in [2.75, 3.05) is 13.2 Å². The summed E-state index contributed by atoms with van der Waals surface area (Å²) in [4.78, 5) is 0. The fraction of sp³-hybridized carbons (Fsp3) is 0.400. The lowest BCUT2D eigenvalue weighted by Gasteiger charge is -2.25. The van der Waals surface area contributed by atoms with Crippen LogP contribution in [0.15, 0.2) is 30.5 Å². The van der Waals surface area contributed by atoms with Gasteiger partial charge in [-0.1, -0.05) is 18.2 Å². The van der Waals surface area contributed by atoms with Crippen LogP contribution in [0, 0.1) is 12.8 Å². The highest BCUT2D eigenvalue weighted by molar-refractivity contribution is 5.35. The largest absolute Gasteiger partial charge is 0.493 e. The summed E-state index contributed by atoms with van der Waals surface area (Å²) in [6, 6.07) is 8.31. The number of hydrogen-bond acceptors (Lipinski definition) is 3. The average Bonchev–Trinajstić information content (AvgIpc) is 2.84. The van der Waals surface area contributed by atoms with Crippen molar-refractivity contribution < 1.29 is 4.74 Å². The van der Waals surface area contributed by atoms with E-state index in [2.05, 4.69) is 27.6 Å². The molecule has 0 spiro atoms. The molecule has 1 unspecified atom stereocenters. The zero-order valence-corrected chi connectivity index (χ0v) is 11.1. The minimum Gasteiger partial charge on any atom is -0.493 e. The number of benzene rings is 1. The molecule has 100 valence electrons. The lowest BCUT2D eigenvalue weighted by molar-refractivity contribution is 0.218. The first kappa shape index (κ1) is 12.2. The van der Waals surface area contributed by atoms with E-state index in [-0.39, 0.29) is 0 Å². The summed E-state index contributed by atoms with van der Waals surface area (Å²) in [6.07, 6.45) is 2.97. The molecule has 4 nitrogen and oxygen atoms in total. The fourth-order valence-electron chi connectivity index (χ4n) is 2.49. The van der Waals surface area contributed by atoms with Gasteiger partial charge in [0.05, 0.1) is 12.8 Å². The zero-order chi connectivity index (χ0) is 13.1. The lowest BCUT2D eigenvalue weighted by Crippen LogP contribution is -2.31. The lowest BCUT2D eigenvalue weighted by atomic mass is 9.97. The van der Waals surface area contributed by atoms with Gasteiger partial charge in [0.25, 0.3) is 0 Å². The summed E-state index contributed by atoms with van der Waals surface area (Å²) in [5, 5.41) is 10.5. The summed E-state index contributed by atoms with van der Waals surface area (Å²) in [5.41, 5.74) is 3.69. The Morgan fingerprint density at radius 3 is 3.16 bits per heavy atom. The SMILES string of the molecule is Cc1[nH]ncc1CNCC1COc2ccccc2C1. The maximum absolute atomic E-state index is 5.79. The van der Waals surface area contributed by atoms with E-state index in [9.17, 15) is 0 Å². The smallest absolute Gasteiger partial charge is 0.122 e. The van der Waals surface area contributed by atoms with Crippen molar-refractivity contribution in [2.45, 2.75) is 19.9 Å². The number of fused-ring (bicyclic) bond motifs is 1. The van der Waals surface area contributed by atoms with E-state index in [1.165, 1.54) is 11.1 Å². The molecule has 2 aromatic rings. The second-order valence-corrected chi connectivity index (χ2v) is 5.14. The van der Waals surface area contributed by atoms with E-state index >= 15 is 0 Å². The van der Waals surface area contributed by atoms with E-state index < -0.39 is 0 Å². The third-order valence-electron chi connectivity index (χ3n) is 3.64. The molecule has 0 radical (unpaired) electrons. The van der Waals surface area contributed by atoms with Crippen LogP contribution in [0.4, 0.5) is 0 Å². The summed E-state index contributed by atoms with van der Waals surface area (Å²) in [7, 11) is 0. The van der Waals surface area contributed by atoms with E-state index in [1.54, 1.807) is 0 Å². The van der Waals surface area contributed by atoms with Crippen LogP contribution in [0.5, 0.6) is 5.75 Å². The van der Waals surface area contributed by atoms with Gasteiger partial charge in [-0.05, 0) is 25.0 Å². The van der Waals surface area contributed by atoms with Gasteiger partial charge >= 0.3 is 0 Å². The number of nitrogens with one attached hydrogen (secondary N) is 2. The minimum absolute atomic E-state index is 0.544. The van der Waals surface area contributed by atoms with Crippen LogP contribution in [-0.2, 0) is 13.0 Å². The predicted octanol–water partition coefficient (Wildman–Crippen LogP) is 2.06. The molecule has 4 heteroatoms. The van der Waals surface area contributed by atoms with Gasteiger partial charge in [-0.2, -0.15) is 5.10 Å². The molecule has 0 bridgehead atoms. The molecule has 0 saturated heterocycles. The monoisotopic (exact) mass is 257 g/mol. The van der Waals surface area contributed by atoms with Gasteiger partial charge in [-0.25, -0.2) is 0 Å². The third kappa shape index (κ3) is 2.79. The molecule has 2 N–H and O–H groups in total. The number of aryl methyl sites for hydroxylation is 1. The van der Waals surface area contributed by atoms with Crippen molar-refractivity contribution in [3.63, 3.8) is 0 Å². The molecule has 0 amide bonds. The molecule has 0 fully saturated rings. The molecular weight excluding hydrogens is 238 g/mol. The molecule has 0 aliphatic carbocycles. The molecule has 1 aliphatic heterocycles. The van der Waals surface area contributed by atoms with Crippen molar-refractivity contribution >= 4 is 0 Å². The molecule has 19 heavy (non-hydrogen) atoms. The Kier molecular flexibility index (Phi) is 3.51. The Labute approximate surface area is 113 Å². The molecule has 1 aromatic heterocycles. The molecule has 2 heterocycles. The van der Waals surface area contributed by atoms with Gasteiger partial charge in [-0.3, -0.25) is 5.10 Å². The quantitative estimate of drug-likeness (QED) is 0.881. The Morgan fingerprint density at radius 2 is 2.32 bits per heavy atom. The highest BCUT2D eigenvalue weighted by Gasteiger charge is 2.18.